The minimum atomic E-state index is 0.0300. The maximum absolute atomic E-state index is 11.3. The molecule has 0 aliphatic rings. The van der Waals surface area contributed by atoms with Crippen molar-refractivity contribution in [2.45, 2.75) is 19.8 Å². The van der Waals surface area contributed by atoms with Crippen molar-refractivity contribution in [2.24, 2.45) is 5.73 Å². The van der Waals surface area contributed by atoms with Crippen molar-refractivity contribution in [1.29, 1.82) is 0 Å². The van der Waals surface area contributed by atoms with E-state index in [1.54, 1.807) is 4.90 Å². The summed E-state index contributed by atoms with van der Waals surface area (Å²) in [6.07, 6.45) is 1.21. The van der Waals surface area contributed by atoms with Gasteiger partial charge in [0.05, 0.1) is 6.61 Å². The Morgan fingerprint density at radius 1 is 1.58 bits per heavy atom. The first-order chi connectivity index (χ1) is 5.76. The molecule has 0 unspecified atom stereocenters. The number of rotatable bonds is 6. The molecule has 0 heterocycles. The normalized spacial score (nSPS) is 9.92. The van der Waals surface area contributed by atoms with Crippen molar-refractivity contribution in [2.75, 3.05) is 26.2 Å². The molecular formula is C8H18N2O2. The van der Waals surface area contributed by atoms with Crippen LogP contribution in [-0.4, -0.2) is 42.2 Å². The third kappa shape index (κ3) is 4.31. The summed E-state index contributed by atoms with van der Waals surface area (Å²) in [5.74, 6) is 0.0806. The molecule has 0 aromatic carbocycles. The second-order valence-electron chi connectivity index (χ2n) is 2.59. The molecule has 4 nitrogen and oxygen atoms in total. The van der Waals surface area contributed by atoms with Crippen molar-refractivity contribution in [1.82, 2.24) is 4.90 Å². The molecule has 0 aromatic heterocycles. The molecule has 4 heteroatoms. The van der Waals surface area contributed by atoms with Crippen LogP contribution in [0, 0.1) is 0 Å². The lowest BCUT2D eigenvalue weighted by atomic mass is 10.3. The minimum Gasteiger partial charge on any atom is -0.395 e. The Bertz CT molecular complexity index is 128. The molecule has 0 saturated carbocycles. The van der Waals surface area contributed by atoms with Crippen LogP contribution in [0.25, 0.3) is 0 Å². The average Bonchev–Trinajstić information content (AvgIpc) is 2.10. The number of aliphatic hydroxyl groups is 1. The van der Waals surface area contributed by atoms with Gasteiger partial charge in [0, 0.05) is 19.5 Å². The summed E-state index contributed by atoms with van der Waals surface area (Å²) in [7, 11) is 0. The van der Waals surface area contributed by atoms with Crippen LogP contribution in [0.2, 0.25) is 0 Å². The number of carbonyl (C=O) groups is 1. The van der Waals surface area contributed by atoms with Gasteiger partial charge in [-0.3, -0.25) is 4.79 Å². The average molecular weight is 174 g/mol. The van der Waals surface area contributed by atoms with E-state index in [4.69, 9.17) is 10.8 Å². The van der Waals surface area contributed by atoms with Gasteiger partial charge in [-0.1, -0.05) is 0 Å². The largest absolute Gasteiger partial charge is 0.395 e. The highest BCUT2D eigenvalue weighted by Gasteiger charge is 2.08. The van der Waals surface area contributed by atoms with E-state index in [2.05, 4.69) is 0 Å². The van der Waals surface area contributed by atoms with Gasteiger partial charge in [-0.05, 0) is 19.9 Å². The first-order valence-electron chi connectivity index (χ1n) is 4.35. The highest BCUT2D eigenvalue weighted by Crippen LogP contribution is 1.96. The van der Waals surface area contributed by atoms with E-state index < -0.39 is 0 Å². The number of amides is 1. The number of nitrogens with two attached hydrogens (primary N) is 1. The highest BCUT2D eigenvalue weighted by molar-refractivity contribution is 5.76. The van der Waals surface area contributed by atoms with Crippen molar-refractivity contribution in [3.8, 4) is 0 Å². The van der Waals surface area contributed by atoms with Gasteiger partial charge in [-0.25, -0.2) is 0 Å². The van der Waals surface area contributed by atoms with E-state index in [0.717, 1.165) is 6.42 Å². The van der Waals surface area contributed by atoms with Gasteiger partial charge in [0.15, 0.2) is 0 Å². The Balaban J connectivity index is 3.69. The van der Waals surface area contributed by atoms with Gasteiger partial charge in [0.2, 0.25) is 5.91 Å². The van der Waals surface area contributed by atoms with E-state index >= 15 is 0 Å². The molecule has 0 radical (unpaired) electrons. The van der Waals surface area contributed by atoms with Gasteiger partial charge in [-0.15, -0.1) is 0 Å². The fourth-order valence-electron chi connectivity index (χ4n) is 0.991. The summed E-state index contributed by atoms with van der Waals surface area (Å²) in [5.41, 5.74) is 5.27. The Labute approximate surface area is 73.3 Å². The minimum absolute atomic E-state index is 0.0300. The van der Waals surface area contributed by atoms with Crippen LogP contribution in [0.4, 0.5) is 0 Å². The summed E-state index contributed by atoms with van der Waals surface area (Å²) < 4.78 is 0. The Kier molecular flexibility index (Phi) is 6.70. The second kappa shape index (κ2) is 7.06. The number of aliphatic hydroxyl groups excluding tert-OH is 1. The van der Waals surface area contributed by atoms with Crippen LogP contribution in [0.5, 0.6) is 0 Å². The monoisotopic (exact) mass is 174 g/mol. The van der Waals surface area contributed by atoms with Gasteiger partial charge in [-0.2, -0.15) is 0 Å². The fourth-order valence-corrected chi connectivity index (χ4v) is 0.991. The molecule has 0 fully saturated rings. The SMILES string of the molecule is CCN(CCO)C(=O)CCCN. The van der Waals surface area contributed by atoms with Crippen molar-refractivity contribution in [3.05, 3.63) is 0 Å². The molecule has 0 saturated heterocycles. The standard InChI is InChI=1S/C8H18N2O2/c1-2-10(6-7-11)8(12)4-3-5-9/h11H,2-7,9H2,1H3. The van der Waals surface area contributed by atoms with Crippen LogP contribution in [0.1, 0.15) is 19.8 Å². The second-order valence-corrected chi connectivity index (χ2v) is 2.59. The van der Waals surface area contributed by atoms with Crippen LogP contribution in [0.3, 0.4) is 0 Å². The third-order valence-electron chi connectivity index (χ3n) is 1.70. The van der Waals surface area contributed by atoms with Crippen molar-refractivity contribution < 1.29 is 9.90 Å². The smallest absolute Gasteiger partial charge is 0.222 e. The molecule has 0 bridgehead atoms. The highest BCUT2D eigenvalue weighted by atomic mass is 16.3. The maximum Gasteiger partial charge on any atom is 0.222 e. The van der Waals surface area contributed by atoms with Gasteiger partial charge >= 0.3 is 0 Å². The van der Waals surface area contributed by atoms with Gasteiger partial charge in [0.1, 0.15) is 0 Å². The summed E-state index contributed by atoms with van der Waals surface area (Å²) in [5, 5.41) is 8.62. The predicted molar refractivity (Wildman–Crippen MR) is 47.6 cm³/mol. The number of likely N-dealkylation sites (N-methyl/N-ethyl adjacent to an activating group) is 1. The number of nitrogens with zero attached hydrogens (tertiary/aromatic N) is 1. The predicted octanol–water partition coefficient (Wildman–Crippen LogP) is -0.434. The zero-order valence-electron chi connectivity index (χ0n) is 7.62. The van der Waals surface area contributed by atoms with E-state index in [9.17, 15) is 4.79 Å². The first-order valence-corrected chi connectivity index (χ1v) is 4.35. The topological polar surface area (TPSA) is 66.6 Å². The quantitative estimate of drug-likeness (QED) is 0.574. The summed E-state index contributed by atoms with van der Waals surface area (Å²) in [6.45, 7) is 3.56. The molecule has 0 rings (SSSR count). The Morgan fingerprint density at radius 3 is 2.67 bits per heavy atom. The van der Waals surface area contributed by atoms with Crippen molar-refractivity contribution in [3.63, 3.8) is 0 Å². The van der Waals surface area contributed by atoms with Gasteiger partial charge in [0.25, 0.3) is 0 Å². The summed E-state index contributed by atoms with van der Waals surface area (Å²) >= 11 is 0. The lowest BCUT2D eigenvalue weighted by molar-refractivity contribution is -0.131. The fraction of sp³-hybridized carbons (Fsp3) is 0.875. The van der Waals surface area contributed by atoms with E-state index in [-0.39, 0.29) is 12.5 Å². The molecule has 3 N–H and O–H groups in total. The van der Waals surface area contributed by atoms with E-state index in [0.29, 0.717) is 26.1 Å². The van der Waals surface area contributed by atoms with E-state index in [1.807, 2.05) is 6.92 Å². The van der Waals surface area contributed by atoms with Crippen molar-refractivity contribution >= 4 is 5.91 Å². The van der Waals surface area contributed by atoms with E-state index in [1.165, 1.54) is 0 Å². The van der Waals surface area contributed by atoms with Crippen LogP contribution in [-0.2, 0) is 4.79 Å². The molecule has 1 amide bonds. The Morgan fingerprint density at radius 2 is 2.25 bits per heavy atom. The molecule has 0 aromatic rings. The zero-order valence-corrected chi connectivity index (χ0v) is 7.62. The molecule has 72 valence electrons. The summed E-state index contributed by atoms with van der Waals surface area (Å²) in [4.78, 5) is 12.9. The molecule has 0 atom stereocenters. The molecule has 0 aliphatic carbocycles. The number of carbonyl (C=O) groups excluding carboxylic acids is 1. The van der Waals surface area contributed by atoms with Crippen LogP contribution >= 0.6 is 0 Å². The summed E-state index contributed by atoms with van der Waals surface area (Å²) in [6, 6.07) is 0. The lowest BCUT2D eigenvalue weighted by Crippen LogP contribution is -2.33. The lowest BCUT2D eigenvalue weighted by Gasteiger charge is -2.19. The third-order valence-corrected chi connectivity index (χ3v) is 1.70. The number of hydrogen-bond donors (Lipinski definition) is 2. The van der Waals surface area contributed by atoms with Crippen LogP contribution < -0.4 is 5.73 Å². The molecular weight excluding hydrogens is 156 g/mol. The molecule has 0 aliphatic heterocycles. The van der Waals surface area contributed by atoms with Crippen LogP contribution in [0.15, 0.2) is 0 Å². The first kappa shape index (κ1) is 11.4. The molecule has 12 heavy (non-hydrogen) atoms. The zero-order chi connectivity index (χ0) is 9.40. The number of hydrogen-bond acceptors (Lipinski definition) is 3. The van der Waals surface area contributed by atoms with Gasteiger partial charge < -0.3 is 15.7 Å². The molecule has 0 spiro atoms. The maximum atomic E-state index is 11.3. The Hall–Kier alpha value is -0.610.